The van der Waals surface area contributed by atoms with Gasteiger partial charge in [0.1, 0.15) is 10.7 Å². The van der Waals surface area contributed by atoms with E-state index in [4.69, 9.17) is 4.98 Å². The van der Waals surface area contributed by atoms with Crippen LogP contribution in [0.1, 0.15) is 17.8 Å². The summed E-state index contributed by atoms with van der Waals surface area (Å²) in [6.45, 7) is 3.14. The van der Waals surface area contributed by atoms with Crippen LogP contribution in [0, 0.1) is 0 Å². The second-order valence-electron chi connectivity index (χ2n) is 4.52. The van der Waals surface area contributed by atoms with Crippen LogP contribution in [-0.2, 0) is 0 Å². The van der Waals surface area contributed by atoms with Gasteiger partial charge in [-0.15, -0.1) is 22.7 Å². The maximum Gasteiger partial charge on any atom is 0.143 e. The highest BCUT2D eigenvalue weighted by molar-refractivity contribution is 7.21. The summed E-state index contributed by atoms with van der Waals surface area (Å²) in [7, 11) is 1.97. The van der Waals surface area contributed by atoms with Crippen molar-refractivity contribution in [2.75, 3.05) is 13.6 Å². The van der Waals surface area contributed by atoms with Crippen LogP contribution in [0.4, 0.5) is 0 Å². The fourth-order valence-electron chi connectivity index (χ4n) is 1.99. The Balaban J connectivity index is 1.93. The lowest BCUT2D eigenvalue weighted by molar-refractivity contribution is 0.674. The molecule has 0 amide bonds. The van der Waals surface area contributed by atoms with Gasteiger partial charge in [-0.3, -0.25) is 0 Å². The molecule has 0 bridgehead atoms. The van der Waals surface area contributed by atoms with Crippen molar-refractivity contribution in [2.24, 2.45) is 0 Å². The van der Waals surface area contributed by atoms with Crippen molar-refractivity contribution >= 4 is 32.9 Å². The molecule has 2 heterocycles. The number of thiazole rings is 2. The molecule has 3 rings (SSSR count). The molecule has 3 aromatic rings. The van der Waals surface area contributed by atoms with Gasteiger partial charge >= 0.3 is 0 Å². The zero-order chi connectivity index (χ0) is 13.2. The van der Waals surface area contributed by atoms with Crippen molar-refractivity contribution in [2.45, 2.75) is 12.8 Å². The lowest BCUT2D eigenvalue weighted by Gasteiger charge is -2.05. The molecule has 1 aromatic carbocycles. The molecule has 98 valence electrons. The molecule has 1 N–H and O–H groups in total. The molecule has 0 radical (unpaired) electrons. The molecule has 0 saturated carbocycles. The number of benzene rings is 1. The second kappa shape index (κ2) is 5.36. The van der Waals surface area contributed by atoms with Crippen molar-refractivity contribution in [1.82, 2.24) is 15.3 Å². The molecule has 1 unspecified atom stereocenters. The Kier molecular flexibility index (Phi) is 3.59. The minimum absolute atomic E-state index is 0.443. The van der Waals surface area contributed by atoms with Crippen LogP contribution >= 0.6 is 22.7 Å². The van der Waals surface area contributed by atoms with E-state index in [0.717, 1.165) is 22.8 Å². The van der Waals surface area contributed by atoms with Gasteiger partial charge in [0.2, 0.25) is 0 Å². The van der Waals surface area contributed by atoms with Crippen LogP contribution in [0.25, 0.3) is 20.9 Å². The molecule has 0 saturated heterocycles. The SMILES string of the molecule is CNCC(C)c1nc(-c2nc3ccccc3s2)cs1. The van der Waals surface area contributed by atoms with Crippen LogP contribution in [-0.4, -0.2) is 23.6 Å². The Labute approximate surface area is 120 Å². The minimum atomic E-state index is 0.443. The number of nitrogens with one attached hydrogen (secondary N) is 1. The van der Waals surface area contributed by atoms with E-state index in [1.54, 1.807) is 22.7 Å². The fraction of sp³-hybridized carbons (Fsp3) is 0.286. The van der Waals surface area contributed by atoms with E-state index in [-0.39, 0.29) is 0 Å². The predicted molar refractivity (Wildman–Crippen MR) is 83.1 cm³/mol. The molecule has 0 fully saturated rings. The van der Waals surface area contributed by atoms with Crippen molar-refractivity contribution in [3.63, 3.8) is 0 Å². The van der Waals surface area contributed by atoms with Crippen molar-refractivity contribution in [3.8, 4) is 10.7 Å². The number of para-hydroxylation sites is 1. The first kappa shape index (κ1) is 12.7. The minimum Gasteiger partial charge on any atom is -0.319 e. The van der Waals surface area contributed by atoms with Gasteiger partial charge in [0, 0.05) is 17.8 Å². The molecular formula is C14H15N3S2. The average molecular weight is 289 g/mol. The first-order valence-electron chi connectivity index (χ1n) is 6.24. The summed E-state index contributed by atoms with van der Waals surface area (Å²) in [5.74, 6) is 0.443. The number of hydrogen-bond donors (Lipinski definition) is 1. The lowest BCUT2D eigenvalue weighted by atomic mass is 10.2. The third-order valence-corrected chi connectivity index (χ3v) is 5.10. The number of aromatic nitrogens is 2. The molecule has 5 heteroatoms. The van der Waals surface area contributed by atoms with E-state index < -0.39 is 0 Å². The van der Waals surface area contributed by atoms with Crippen molar-refractivity contribution < 1.29 is 0 Å². The smallest absolute Gasteiger partial charge is 0.143 e. The summed E-state index contributed by atoms with van der Waals surface area (Å²) in [5, 5.41) is 7.48. The molecule has 19 heavy (non-hydrogen) atoms. The van der Waals surface area contributed by atoms with Crippen LogP contribution in [0.5, 0.6) is 0 Å². The molecule has 0 aliphatic heterocycles. The molecule has 0 spiro atoms. The zero-order valence-electron chi connectivity index (χ0n) is 10.9. The van der Waals surface area contributed by atoms with Crippen LogP contribution in [0.15, 0.2) is 29.6 Å². The first-order valence-corrected chi connectivity index (χ1v) is 7.93. The highest BCUT2D eigenvalue weighted by atomic mass is 32.1. The maximum atomic E-state index is 4.72. The number of likely N-dealkylation sites (N-methyl/N-ethyl adjacent to an activating group) is 1. The fourth-order valence-corrected chi connectivity index (χ4v) is 3.85. The summed E-state index contributed by atoms with van der Waals surface area (Å²) in [6, 6.07) is 8.22. The summed E-state index contributed by atoms with van der Waals surface area (Å²) in [5.41, 5.74) is 2.06. The van der Waals surface area contributed by atoms with Gasteiger partial charge in [-0.05, 0) is 19.2 Å². The van der Waals surface area contributed by atoms with Crippen LogP contribution in [0.3, 0.4) is 0 Å². The van der Waals surface area contributed by atoms with Gasteiger partial charge in [-0.1, -0.05) is 19.1 Å². The van der Waals surface area contributed by atoms with E-state index in [1.807, 2.05) is 25.2 Å². The zero-order valence-corrected chi connectivity index (χ0v) is 12.5. The van der Waals surface area contributed by atoms with Crippen LogP contribution < -0.4 is 5.32 Å². The van der Waals surface area contributed by atoms with E-state index in [9.17, 15) is 0 Å². The van der Waals surface area contributed by atoms with Gasteiger partial charge in [0.25, 0.3) is 0 Å². The standard InChI is InChI=1S/C14H15N3S2/c1-9(7-15-2)13-17-11(8-18-13)14-16-10-5-3-4-6-12(10)19-14/h3-6,8-9,15H,7H2,1-2H3. The Hall–Kier alpha value is -1.30. The number of fused-ring (bicyclic) bond motifs is 1. The Morgan fingerprint density at radius 1 is 1.26 bits per heavy atom. The average Bonchev–Trinajstić information content (AvgIpc) is 3.05. The Morgan fingerprint density at radius 2 is 2.11 bits per heavy atom. The highest BCUT2D eigenvalue weighted by Crippen LogP contribution is 2.32. The predicted octanol–water partition coefficient (Wildman–Crippen LogP) is 3.74. The number of hydrogen-bond acceptors (Lipinski definition) is 5. The quantitative estimate of drug-likeness (QED) is 0.795. The van der Waals surface area contributed by atoms with Gasteiger partial charge in [0.05, 0.1) is 15.2 Å². The summed E-state index contributed by atoms with van der Waals surface area (Å²) < 4.78 is 1.22. The second-order valence-corrected chi connectivity index (χ2v) is 6.44. The van der Waals surface area contributed by atoms with Gasteiger partial charge in [-0.25, -0.2) is 9.97 Å². The van der Waals surface area contributed by atoms with Gasteiger partial charge < -0.3 is 5.32 Å². The van der Waals surface area contributed by atoms with E-state index >= 15 is 0 Å². The van der Waals surface area contributed by atoms with Gasteiger partial charge in [-0.2, -0.15) is 0 Å². The third kappa shape index (κ3) is 2.54. The first-order chi connectivity index (χ1) is 9.28. The molecule has 2 aromatic heterocycles. The highest BCUT2D eigenvalue weighted by Gasteiger charge is 2.13. The number of rotatable bonds is 4. The monoisotopic (exact) mass is 289 g/mol. The molecule has 3 nitrogen and oxygen atoms in total. The van der Waals surface area contributed by atoms with Crippen molar-refractivity contribution in [1.29, 1.82) is 0 Å². The normalized spacial score (nSPS) is 12.9. The van der Waals surface area contributed by atoms with Crippen LogP contribution in [0.2, 0.25) is 0 Å². The van der Waals surface area contributed by atoms with E-state index in [2.05, 4.69) is 28.7 Å². The summed E-state index contributed by atoms with van der Waals surface area (Å²) in [4.78, 5) is 9.37. The van der Waals surface area contributed by atoms with E-state index in [0.29, 0.717) is 5.92 Å². The number of nitrogens with zero attached hydrogens (tertiary/aromatic N) is 2. The molecular weight excluding hydrogens is 274 g/mol. The summed E-state index contributed by atoms with van der Waals surface area (Å²) >= 11 is 3.42. The van der Waals surface area contributed by atoms with E-state index in [1.165, 1.54) is 9.71 Å². The molecule has 0 aliphatic carbocycles. The molecule has 1 atom stereocenters. The maximum absolute atomic E-state index is 4.72. The molecule has 0 aliphatic rings. The summed E-state index contributed by atoms with van der Waals surface area (Å²) in [6.07, 6.45) is 0. The largest absolute Gasteiger partial charge is 0.319 e. The topological polar surface area (TPSA) is 37.8 Å². The van der Waals surface area contributed by atoms with Crippen molar-refractivity contribution in [3.05, 3.63) is 34.7 Å². The van der Waals surface area contributed by atoms with Gasteiger partial charge in [0.15, 0.2) is 0 Å². The third-order valence-electron chi connectivity index (χ3n) is 2.97. The Morgan fingerprint density at radius 3 is 2.89 bits per heavy atom. The lowest BCUT2D eigenvalue weighted by Crippen LogP contribution is -2.14. The Bertz CT molecular complexity index is 654.